The third-order valence-electron chi connectivity index (χ3n) is 10.2. The highest BCUT2D eigenvalue weighted by Gasteiger charge is 2.25. The number of nitrogens with zero attached hydrogens (tertiary/aromatic N) is 4. The lowest BCUT2D eigenvalue weighted by molar-refractivity contribution is 0.666. The topological polar surface area (TPSA) is 56.7 Å². The van der Waals surface area contributed by atoms with Crippen LogP contribution in [0.4, 0.5) is 0 Å². The van der Waals surface area contributed by atoms with Gasteiger partial charge in [-0.15, -0.1) is 11.3 Å². The number of thiophene rings is 1. The van der Waals surface area contributed by atoms with Gasteiger partial charge in [-0.1, -0.05) is 121 Å². The maximum atomic E-state index is 6.90. The lowest BCUT2D eigenvalue weighted by Gasteiger charge is -2.15. The van der Waals surface area contributed by atoms with Crippen molar-refractivity contribution in [3.05, 3.63) is 157 Å². The first-order valence-corrected chi connectivity index (χ1v) is 18.2. The molecule has 0 bridgehead atoms. The number of benzene rings is 7. The van der Waals surface area contributed by atoms with Crippen molar-refractivity contribution in [2.24, 2.45) is 0 Å². The molecule has 6 heteroatoms. The fraction of sp³-hybridized carbons (Fsp3) is 0.0217. The van der Waals surface area contributed by atoms with Crippen LogP contribution in [0.2, 0.25) is 0 Å². The van der Waals surface area contributed by atoms with E-state index in [1.54, 1.807) is 0 Å². The second-order valence-corrected chi connectivity index (χ2v) is 14.3. The Bertz CT molecular complexity index is 3140. The average Bonchev–Trinajstić information content (AvgIpc) is 3.88. The fourth-order valence-corrected chi connectivity index (χ4v) is 9.14. The number of hydrogen-bond donors (Lipinski definition) is 0. The highest BCUT2D eigenvalue weighted by molar-refractivity contribution is 7.26. The van der Waals surface area contributed by atoms with E-state index in [4.69, 9.17) is 19.4 Å². The normalized spacial score (nSPS) is 11.9. The predicted octanol–water partition coefficient (Wildman–Crippen LogP) is 12.5. The van der Waals surface area contributed by atoms with Crippen LogP contribution in [0.25, 0.3) is 104 Å². The summed E-state index contributed by atoms with van der Waals surface area (Å²) in [6.07, 6.45) is 0. The van der Waals surface area contributed by atoms with E-state index in [1.807, 2.05) is 84.1 Å². The van der Waals surface area contributed by atoms with Crippen LogP contribution >= 0.6 is 11.3 Å². The van der Waals surface area contributed by atoms with Crippen LogP contribution < -0.4 is 0 Å². The van der Waals surface area contributed by atoms with Crippen molar-refractivity contribution in [2.45, 2.75) is 6.92 Å². The quantitative estimate of drug-likeness (QED) is 0.185. The molecular weight excluding hydrogens is 657 g/mol. The summed E-state index contributed by atoms with van der Waals surface area (Å²) < 4.78 is 11.9. The van der Waals surface area contributed by atoms with E-state index < -0.39 is 0 Å². The van der Waals surface area contributed by atoms with Crippen LogP contribution in [0.15, 0.2) is 156 Å². The largest absolute Gasteiger partial charge is 0.454 e. The number of hydrogen-bond acceptors (Lipinski definition) is 5. The minimum atomic E-state index is 0.613. The van der Waals surface area contributed by atoms with Crippen molar-refractivity contribution >= 4 is 75.3 Å². The van der Waals surface area contributed by atoms with Crippen molar-refractivity contribution in [1.82, 2.24) is 19.5 Å². The Morgan fingerprint density at radius 1 is 0.519 bits per heavy atom. The van der Waals surface area contributed by atoms with E-state index in [2.05, 4.69) is 90.4 Å². The van der Waals surface area contributed by atoms with Gasteiger partial charge in [-0.05, 0) is 42.8 Å². The molecule has 0 fully saturated rings. The molecule has 5 nitrogen and oxygen atoms in total. The molecule has 0 N–H and O–H groups in total. The second-order valence-electron chi connectivity index (χ2n) is 13.2. The molecule has 0 saturated carbocycles. The Morgan fingerprint density at radius 2 is 1.13 bits per heavy atom. The number of rotatable bonds is 4. The minimum Gasteiger partial charge on any atom is -0.454 e. The summed E-state index contributed by atoms with van der Waals surface area (Å²) in [5.74, 6) is 1.87. The Morgan fingerprint density at radius 3 is 1.88 bits per heavy atom. The van der Waals surface area contributed by atoms with Gasteiger partial charge in [0.15, 0.2) is 23.1 Å². The molecular formula is C46H28N4OS. The maximum absolute atomic E-state index is 6.90. The molecule has 0 spiro atoms. The Labute approximate surface area is 302 Å². The molecule has 0 aliphatic rings. The van der Waals surface area contributed by atoms with Crippen LogP contribution in [-0.4, -0.2) is 19.5 Å². The smallest absolute Gasteiger partial charge is 0.165 e. The van der Waals surface area contributed by atoms with Gasteiger partial charge in [0.1, 0.15) is 5.58 Å². The standard InChI is InChI=1S/C46H28N4OS/c1-27-26-36(50-34-21-11-8-19-32(34)40-35(50)25-24-31-30-18-10-13-23-38(30)52-43(31)40)42-41(33-20-9-12-22-37(33)51-42)39(27)46-48-44(28-14-4-2-5-15-28)47-45(49-46)29-16-6-3-7-17-29/h2-26H,1H3. The first kappa shape index (κ1) is 29.1. The lowest BCUT2D eigenvalue weighted by Crippen LogP contribution is -2.03. The van der Waals surface area contributed by atoms with Gasteiger partial charge in [0, 0.05) is 58.4 Å². The zero-order valence-electron chi connectivity index (χ0n) is 28.0. The van der Waals surface area contributed by atoms with Crippen molar-refractivity contribution in [3.8, 4) is 39.9 Å². The molecule has 0 radical (unpaired) electrons. The lowest BCUT2D eigenvalue weighted by atomic mass is 9.99. The van der Waals surface area contributed by atoms with E-state index in [1.165, 1.54) is 30.9 Å². The number of aryl methyl sites for hydroxylation is 1. The number of para-hydroxylation sites is 2. The molecule has 0 aliphatic carbocycles. The van der Waals surface area contributed by atoms with Gasteiger partial charge in [-0.25, -0.2) is 15.0 Å². The van der Waals surface area contributed by atoms with E-state index in [0.717, 1.165) is 60.9 Å². The molecule has 0 atom stereocenters. The summed E-state index contributed by atoms with van der Waals surface area (Å²) in [6, 6.07) is 52.8. The van der Waals surface area contributed by atoms with Crippen LogP contribution in [0, 0.1) is 6.92 Å². The van der Waals surface area contributed by atoms with E-state index in [0.29, 0.717) is 17.5 Å². The molecule has 0 unspecified atom stereocenters. The summed E-state index contributed by atoms with van der Waals surface area (Å²) >= 11 is 1.86. The summed E-state index contributed by atoms with van der Waals surface area (Å²) in [4.78, 5) is 15.3. The van der Waals surface area contributed by atoms with Gasteiger partial charge in [0.05, 0.1) is 16.7 Å². The summed E-state index contributed by atoms with van der Waals surface area (Å²) in [6.45, 7) is 2.16. The van der Waals surface area contributed by atoms with Gasteiger partial charge in [-0.2, -0.15) is 0 Å². The molecule has 4 heterocycles. The van der Waals surface area contributed by atoms with Gasteiger partial charge in [0.2, 0.25) is 0 Å². The molecule has 52 heavy (non-hydrogen) atoms. The van der Waals surface area contributed by atoms with Crippen LogP contribution in [0.5, 0.6) is 0 Å². The van der Waals surface area contributed by atoms with E-state index in [9.17, 15) is 0 Å². The molecule has 7 aromatic carbocycles. The van der Waals surface area contributed by atoms with Gasteiger partial charge in [0.25, 0.3) is 0 Å². The molecule has 0 aliphatic heterocycles. The minimum absolute atomic E-state index is 0.613. The van der Waals surface area contributed by atoms with Gasteiger partial charge in [-0.3, -0.25) is 0 Å². The molecule has 0 saturated heterocycles. The molecule has 11 rings (SSSR count). The van der Waals surface area contributed by atoms with E-state index >= 15 is 0 Å². The van der Waals surface area contributed by atoms with E-state index in [-0.39, 0.29) is 0 Å². The SMILES string of the molecule is Cc1cc(-n2c3ccccc3c3c4sc5ccccc5c4ccc32)c2oc3ccccc3c2c1-c1nc(-c2ccccc2)nc(-c2ccccc2)n1. The summed E-state index contributed by atoms with van der Waals surface area (Å²) in [7, 11) is 0. The zero-order chi connectivity index (χ0) is 34.3. The molecule has 11 aromatic rings. The van der Waals surface area contributed by atoms with Crippen LogP contribution in [0.3, 0.4) is 0 Å². The fourth-order valence-electron chi connectivity index (χ4n) is 7.88. The second kappa shape index (κ2) is 11.2. The van der Waals surface area contributed by atoms with Crippen molar-refractivity contribution in [3.63, 3.8) is 0 Å². The van der Waals surface area contributed by atoms with Crippen molar-refractivity contribution in [1.29, 1.82) is 0 Å². The maximum Gasteiger partial charge on any atom is 0.165 e. The van der Waals surface area contributed by atoms with Crippen molar-refractivity contribution in [2.75, 3.05) is 0 Å². The molecule has 0 amide bonds. The van der Waals surface area contributed by atoms with Gasteiger partial charge < -0.3 is 8.98 Å². The number of aromatic nitrogens is 4. The Balaban J connectivity index is 1.25. The molecule has 244 valence electrons. The Kier molecular flexibility index (Phi) is 6.27. The highest BCUT2D eigenvalue weighted by Crippen LogP contribution is 2.46. The van der Waals surface area contributed by atoms with Gasteiger partial charge >= 0.3 is 0 Å². The third kappa shape index (κ3) is 4.25. The number of fused-ring (bicyclic) bond motifs is 10. The first-order chi connectivity index (χ1) is 25.7. The predicted molar refractivity (Wildman–Crippen MR) is 215 cm³/mol. The Hall–Kier alpha value is -6.63. The third-order valence-corrected chi connectivity index (χ3v) is 11.4. The summed E-state index contributed by atoms with van der Waals surface area (Å²) in [5, 5.41) is 7.07. The van der Waals surface area contributed by atoms with Crippen molar-refractivity contribution < 1.29 is 4.42 Å². The average molecular weight is 685 g/mol. The monoisotopic (exact) mass is 684 g/mol. The zero-order valence-corrected chi connectivity index (χ0v) is 28.9. The number of furan rings is 1. The summed E-state index contributed by atoms with van der Waals surface area (Å²) in [5.41, 5.74) is 8.73. The first-order valence-electron chi connectivity index (χ1n) is 17.4. The highest BCUT2D eigenvalue weighted by atomic mass is 32.1. The van der Waals surface area contributed by atoms with Crippen LogP contribution in [-0.2, 0) is 0 Å². The molecule has 4 aromatic heterocycles. The van der Waals surface area contributed by atoms with Crippen LogP contribution in [0.1, 0.15) is 5.56 Å².